The highest BCUT2D eigenvalue weighted by Gasteiger charge is 2.36. The Morgan fingerprint density at radius 2 is 2.20 bits per heavy atom. The average Bonchev–Trinajstić information content (AvgIpc) is 2.87. The van der Waals surface area contributed by atoms with Gasteiger partial charge in [0.1, 0.15) is 11.6 Å². The van der Waals surface area contributed by atoms with Gasteiger partial charge in [-0.05, 0) is 25.3 Å². The topological polar surface area (TPSA) is 38.5 Å². The molecular weight excluding hydrogens is 262 g/mol. The first kappa shape index (κ1) is 13.9. The zero-order chi connectivity index (χ0) is 14.1. The smallest absolute Gasteiger partial charge is 0.130 e. The fraction of sp³-hybridized carbons (Fsp3) is 0.600. The summed E-state index contributed by atoms with van der Waals surface area (Å²) in [7, 11) is 0. The lowest BCUT2D eigenvalue weighted by molar-refractivity contribution is -0.0572. The molecule has 110 valence electrons. The van der Waals surface area contributed by atoms with Crippen LogP contribution in [0.2, 0.25) is 0 Å². The van der Waals surface area contributed by atoms with Crippen molar-refractivity contribution in [2.24, 2.45) is 5.73 Å². The third kappa shape index (κ3) is 2.71. The molecule has 2 N–H and O–H groups in total. The van der Waals surface area contributed by atoms with Gasteiger partial charge in [-0.15, -0.1) is 0 Å². The zero-order valence-electron chi connectivity index (χ0n) is 11.4. The van der Waals surface area contributed by atoms with Crippen molar-refractivity contribution in [1.82, 2.24) is 4.90 Å². The van der Waals surface area contributed by atoms with E-state index in [-0.39, 0.29) is 0 Å². The van der Waals surface area contributed by atoms with Crippen LogP contribution in [0.25, 0.3) is 0 Å². The minimum atomic E-state index is -0.569. The second-order valence-corrected chi connectivity index (χ2v) is 5.67. The Morgan fingerprint density at radius 3 is 3.00 bits per heavy atom. The quantitative estimate of drug-likeness (QED) is 0.924. The number of hydrogen-bond acceptors (Lipinski definition) is 3. The molecule has 2 aliphatic rings. The summed E-state index contributed by atoms with van der Waals surface area (Å²) < 4.78 is 32.5. The van der Waals surface area contributed by atoms with Crippen molar-refractivity contribution in [2.75, 3.05) is 19.7 Å². The van der Waals surface area contributed by atoms with Crippen LogP contribution < -0.4 is 5.73 Å². The van der Waals surface area contributed by atoms with E-state index in [0.29, 0.717) is 30.9 Å². The Hall–Kier alpha value is -1.04. The van der Waals surface area contributed by atoms with Crippen LogP contribution in [0.1, 0.15) is 30.9 Å². The molecule has 3 nitrogen and oxygen atoms in total. The molecule has 5 heteroatoms. The van der Waals surface area contributed by atoms with E-state index in [2.05, 4.69) is 4.90 Å². The SMILES string of the molecule is NC(CN1CCOC2CCCC21)c1ccc(F)cc1F. The van der Waals surface area contributed by atoms with Crippen molar-refractivity contribution in [1.29, 1.82) is 0 Å². The molecule has 1 aliphatic heterocycles. The van der Waals surface area contributed by atoms with E-state index in [1.807, 2.05) is 0 Å². The molecule has 0 radical (unpaired) electrons. The van der Waals surface area contributed by atoms with E-state index >= 15 is 0 Å². The predicted molar refractivity (Wildman–Crippen MR) is 72.2 cm³/mol. The van der Waals surface area contributed by atoms with Crippen LogP contribution >= 0.6 is 0 Å². The highest BCUT2D eigenvalue weighted by Crippen LogP contribution is 2.30. The van der Waals surface area contributed by atoms with Crippen LogP contribution in [0.15, 0.2) is 18.2 Å². The second kappa shape index (κ2) is 5.76. The van der Waals surface area contributed by atoms with Crippen molar-refractivity contribution in [3.05, 3.63) is 35.4 Å². The van der Waals surface area contributed by atoms with Gasteiger partial charge >= 0.3 is 0 Å². The van der Waals surface area contributed by atoms with Gasteiger partial charge in [0.05, 0.1) is 12.7 Å². The third-order valence-electron chi connectivity index (χ3n) is 4.39. The number of nitrogens with zero attached hydrogens (tertiary/aromatic N) is 1. The van der Waals surface area contributed by atoms with E-state index in [1.165, 1.54) is 18.6 Å². The van der Waals surface area contributed by atoms with Gasteiger partial charge < -0.3 is 10.5 Å². The summed E-state index contributed by atoms with van der Waals surface area (Å²) in [6.07, 6.45) is 3.69. The molecule has 1 aliphatic carbocycles. The maximum Gasteiger partial charge on any atom is 0.130 e. The fourth-order valence-electron chi connectivity index (χ4n) is 3.39. The van der Waals surface area contributed by atoms with Crippen molar-refractivity contribution < 1.29 is 13.5 Å². The Bertz CT molecular complexity index is 483. The summed E-state index contributed by atoms with van der Waals surface area (Å²) in [4.78, 5) is 2.30. The van der Waals surface area contributed by atoms with Gasteiger partial charge in [0.2, 0.25) is 0 Å². The van der Waals surface area contributed by atoms with Gasteiger partial charge in [-0.25, -0.2) is 8.78 Å². The van der Waals surface area contributed by atoms with Crippen molar-refractivity contribution >= 4 is 0 Å². The summed E-state index contributed by atoms with van der Waals surface area (Å²) in [5, 5.41) is 0. The van der Waals surface area contributed by atoms with E-state index in [4.69, 9.17) is 10.5 Å². The summed E-state index contributed by atoms with van der Waals surface area (Å²) >= 11 is 0. The van der Waals surface area contributed by atoms with Gasteiger partial charge in [-0.3, -0.25) is 4.90 Å². The molecule has 2 fully saturated rings. The molecule has 0 amide bonds. The zero-order valence-corrected chi connectivity index (χ0v) is 11.4. The number of hydrogen-bond donors (Lipinski definition) is 1. The number of halogens is 2. The Labute approximate surface area is 117 Å². The minimum absolute atomic E-state index is 0.300. The largest absolute Gasteiger partial charge is 0.375 e. The summed E-state index contributed by atoms with van der Waals surface area (Å²) in [6.45, 7) is 2.13. The standard InChI is InChI=1S/C15H20F2N2O/c16-10-4-5-11(12(17)8-10)13(18)9-19-6-7-20-15-3-1-2-14(15)19/h4-5,8,13-15H,1-3,6-7,9,18H2. The molecule has 0 bridgehead atoms. The van der Waals surface area contributed by atoms with Crippen molar-refractivity contribution in [3.63, 3.8) is 0 Å². The highest BCUT2D eigenvalue weighted by molar-refractivity contribution is 5.22. The lowest BCUT2D eigenvalue weighted by Crippen LogP contribution is -2.50. The van der Waals surface area contributed by atoms with Crippen LogP contribution in [0.5, 0.6) is 0 Å². The van der Waals surface area contributed by atoms with Gasteiger partial charge in [0.15, 0.2) is 0 Å². The molecule has 1 heterocycles. The minimum Gasteiger partial charge on any atom is -0.375 e. The molecule has 1 saturated carbocycles. The van der Waals surface area contributed by atoms with E-state index in [9.17, 15) is 8.78 Å². The third-order valence-corrected chi connectivity index (χ3v) is 4.39. The van der Waals surface area contributed by atoms with E-state index < -0.39 is 17.7 Å². The number of ether oxygens (including phenoxy) is 1. The number of rotatable bonds is 3. The number of benzene rings is 1. The van der Waals surface area contributed by atoms with Crippen LogP contribution in [-0.4, -0.2) is 36.7 Å². The second-order valence-electron chi connectivity index (χ2n) is 5.67. The van der Waals surface area contributed by atoms with Crippen molar-refractivity contribution in [2.45, 2.75) is 37.5 Å². The van der Waals surface area contributed by atoms with E-state index in [0.717, 1.165) is 25.5 Å². The summed E-state index contributed by atoms with van der Waals surface area (Å²) in [5.74, 6) is -1.13. The van der Waals surface area contributed by atoms with Crippen molar-refractivity contribution in [3.8, 4) is 0 Å². The van der Waals surface area contributed by atoms with E-state index in [1.54, 1.807) is 0 Å². The van der Waals surface area contributed by atoms with Crippen LogP contribution in [-0.2, 0) is 4.74 Å². The van der Waals surface area contributed by atoms with Gasteiger partial charge in [-0.2, -0.15) is 0 Å². The first-order chi connectivity index (χ1) is 9.65. The van der Waals surface area contributed by atoms with Crippen LogP contribution in [0, 0.1) is 11.6 Å². The fourth-order valence-corrected chi connectivity index (χ4v) is 3.39. The van der Waals surface area contributed by atoms with Gasteiger partial charge in [-0.1, -0.05) is 6.07 Å². The molecule has 20 heavy (non-hydrogen) atoms. The lowest BCUT2D eigenvalue weighted by atomic mass is 10.0. The number of morpholine rings is 1. The first-order valence-corrected chi connectivity index (χ1v) is 7.21. The first-order valence-electron chi connectivity index (χ1n) is 7.21. The Balaban J connectivity index is 1.70. The normalized spacial score (nSPS) is 28.4. The summed E-state index contributed by atoms with van der Waals surface area (Å²) in [5.41, 5.74) is 6.50. The average molecular weight is 282 g/mol. The van der Waals surface area contributed by atoms with Gasteiger partial charge in [0, 0.05) is 36.8 Å². The number of nitrogens with two attached hydrogens (primary N) is 1. The number of fused-ring (bicyclic) bond motifs is 1. The van der Waals surface area contributed by atoms with Crippen LogP contribution in [0.4, 0.5) is 8.78 Å². The Morgan fingerprint density at radius 1 is 1.35 bits per heavy atom. The molecule has 1 aromatic carbocycles. The molecule has 1 aromatic rings. The molecule has 0 spiro atoms. The molecule has 3 unspecified atom stereocenters. The predicted octanol–water partition coefficient (Wildman–Crippen LogP) is 2.22. The highest BCUT2D eigenvalue weighted by atomic mass is 19.1. The van der Waals surface area contributed by atoms with Gasteiger partial charge in [0.25, 0.3) is 0 Å². The molecule has 3 atom stereocenters. The monoisotopic (exact) mass is 282 g/mol. The maximum atomic E-state index is 13.8. The Kier molecular flexibility index (Phi) is 4.01. The van der Waals surface area contributed by atoms with Crippen LogP contribution in [0.3, 0.4) is 0 Å². The maximum absolute atomic E-state index is 13.8. The molecule has 0 aromatic heterocycles. The molecule has 3 rings (SSSR count). The lowest BCUT2D eigenvalue weighted by Gasteiger charge is -2.39. The molecular formula is C15H20F2N2O. The summed E-state index contributed by atoms with van der Waals surface area (Å²) in [6, 6.07) is 3.57. The molecule has 1 saturated heterocycles.